The summed E-state index contributed by atoms with van der Waals surface area (Å²) >= 11 is 5.27. The summed E-state index contributed by atoms with van der Waals surface area (Å²) in [6.07, 6.45) is 3.83. The monoisotopic (exact) mass is 215 g/mol. The maximum absolute atomic E-state index is 5.27. The molecular formula is C11H9N3S. The van der Waals surface area contributed by atoms with Crippen LogP contribution in [0.15, 0.2) is 28.9 Å². The average Bonchev–Trinajstić information content (AvgIpc) is 2.44. The van der Waals surface area contributed by atoms with E-state index in [2.05, 4.69) is 9.98 Å². The van der Waals surface area contributed by atoms with Crippen LogP contribution in [0.4, 0.5) is 0 Å². The van der Waals surface area contributed by atoms with Crippen molar-refractivity contribution in [1.82, 2.24) is 9.55 Å². The molecule has 1 aliphatic rings. The molecule has 2 heterocycles. The Hall–Kier alpha value is -1.68. The summed E-state index contributed by atoms with van der Waals surface area (Å²) in [6, 6.07) is 6.06. The largest absolute Gasteiger partial charge is 0.330 e. The highest BCUT2D eigenvalue weighted by Gasteiger charge is 2.08. The van der Waals surface area contributed by atoms with E-state index in [9.17, 15) is 0 Å². The van der Waals surface area contributed by atoms with Gasteiger partial charge in [0.2, 0.25) is 0 Å². The maximum Gasteiger partial charge on any atom is 0.182 e. The number of hydrogen-bond donors (Lipinski definition) is 1. The minimum absolute atomic E-state index is 0.710. The number of nitrogens with one attached hydrogen (secondary N) is 1. The zero-order chi connectivity index (χ0) is 10.4. The third-order valence-electron chi connectivity index (χ3n) is 2.49. The molecule has 0 radical (unpaired) electrons. The van der Waals surface area contributed by atoms with Gasteiger partial charge < -0.3 is 4.98 Å². The van der Waals surface area contributed by atoms with Gasteiger partial charge in [-0.3, -0.25) is 9.56 Å². The molecule has 3 nitrogen and oxygen atoms in total. The van der Waals surface area contributed by atoms with E-state index in [1.807, 2.05) is 42.1 Å². The molecule has 3 rings (SSSR count). The number of nitrogens with zero attached hydrogens (tertiary/aromatic N) is 2. The number of aromatic amines is 1. The number of aliphatic imine (C=N–C) groups is 1. The van der Waals surface area contributed by atoms with Crippen molar-refractivity contribution in [3.05, 3.63) is 34.2 Å². The van der Waals surface area contributed by atoms with Crippen LogP contribution >= 0.6 is 12.2 Å². The zero-order valence-corrected chi connectivity index (χ0v) is 9.01. The molecule has 0 bridgehead atoms. The molecule has 2 aromatic rings. The van der Waals surface area contributed by atoms with Crippen LogP contribution < -0.4 is 0 Å². The van der Waals surface area contributed by atoms with Gasteiger partial charge in [-0.05, 0) is 25.2 Å². The molecule has 74 valence electrons. The van der Waals surface area contributed by atoms with E-state index in [1.54, 1.807) is 0 Å². The van der Waals surface area contributed by atoms with E-state index in [-0.39, 0.29) is 0 Å². The van der Waals surface area contributed by atoms with Crippen LogP contribution in [0.1, 0.15) is 12.5 Å². The summed E-state index contributed by atoms with van der Waals surface area (Å²) in [6.45, 7) is 1.96. The lowest BCUT2D eigenvalue weighted by atomic mass is 10.2. The van der Waals surface area contributed by atoms with Crippen molar-refractivity contribution < 1.29 is 0 Å². The Morgan fingerprint density at radius 3 is 3.13 bits per heavy atom. The molecule has 0 aliphatic carbocycles. The van der Waals surface area contributed by atoms with Gasteiger partial charge in [-0.25, -0.2) is 0 Å². The van der Waals surface area contributed by atoms with Gasteiger partial charge in [-0.2, -0.15) is 0 Å². The highest BCUT2D eigenvalue weighted by atomic mass is 32.1. The first-order valence-electron chi connectivity index (χ1n) is 4.71. The van der Waals surface area contributed by atoms with E-state index >= 15 is 0 Å². The van der Waals surface area contributed by atoms with Gasteiger partial charge in [-0.15, -0.1) is 0 Å². The van der Waals surface area contributed by atoms with E-state index in [0.29, 0.717) is 4.77 Å². The molecule has 0 amide bonds. The first kappa shape index (κ1) is 8.61. The van der Waals surface area contributed by atoms with Gasteiger partial charge in [-0.1, -0.05) is 12.1 Å². The second kappa shape index (κ2) is 2.90. The van der Waals surface area contributed by atoms with Gasteiger partial charge in [0.05, 0.1) is 16.7 Å². The maximum atomic E-state index is 5.27. The SMILES string of the molecule is CC1=Cn2c(=S)[nH]c3cccc(c32)C=N1. The quantitative estimate of drug-likeness (QED) is 0.673. The van der Waals surface area contributed by atoms with Crippen LogP contribution in [0.25, 0.3) is 17.2 Å². The zero-order valence-electron chi connectivity index (χ0n) is 8.19. The highest BCUT2D eigenvalue weighted by Crippen LogP contribution is 2.21. The lowest BCUT2D eigenvalue weighted by Gasteiger charge is -1.97. The van der Waals surface area contributed by atoms with Crippen molar-refractivity contribution in [2.45, 2.75) is 6.92 Å². The summed E-state index contributed by atoms with van der Waals surface area (Å²) in [4.78, 5) is 7.51. The summed E-state index contributed by atoms with van der Waals surface area (Å²) in [5, 5.41) is 0. The Balaban J connectivity index is 2.59. The van der Waals surface area contributed by atoms with Crippen molar-refractivity contribution >= 4 is 35.7 Å². The predicted molar refractivity (Wildman–Crippen MR) is 64.7 cm³/mol. The van der Waals surface area contributed by atoms with Crippen LogP contribution in [0.3, 0.4) is 0 Å². The molecule has 0 atom stereocenters. The molecule has 1 aromatic carbocycles. The smallest absolute Gasteiger partial charge is 0.182 e. The summed E-state index contributed by atoms with van der Waals surface area (Å²) in [5.41, 5.74) is 4.19. The van der Waals surface area contributed by atoms with E-state index in [0.717, 1.165) is 22.3 Å². The predicted octanol–water partition coefficient (Wildman–Crippen LogP) is 2.95. The van der Waals surface area contributed by atoms with E-state index in [1.165, 1.54) is 0 Å². The van der Waals surface area contributed by atoms with E-state index < -0.39 is 0 Å². The normalized spacial score (nSPS) is 14.1. The van der Waals surface area contributed by atoms with Crippen LogP contribution in [-0.4, -0.2) is 15.8 Å². The minimum Gasteiger partial charge on any atom is -0.330 e. The van der Waals surface area contributed by atoms with Gasteiger partial charge in [0.1, 0.15) is 0 Å². The fraction of sp³-hybridized carbons (Fsp3) is 0.0909. The lowest BCUT2D eigenvalue weighted by molar-refractivity contribution is 1.12. The van der Waals surface area contributed by atoms with Crippen LogP contribution in [-0.2, 0) is 0 Å². The Labute approximate surface area is 91.8 Å². The molecule has 0 fully saturated rings. The topological polar surface area (TPSA) is 33.1 Å². The molecule has 0 saturated carbocycles. The Kier molecular flexibility index (Phi) is 1.67. The molecule has 1 N–H and O–H groups in total. The van der Waals surface area contributed by atoms with Crippen LogP contribution in [0.5, 0.6) is 0 Å². The van der Waals surface area contributed by atoms with Crippen molar-refractivity contribution in [2.24, 2.45) is 4.99 Å². The summed E-state index contributed by atoms with van der Waals surface area (Å²) in [5.74, 6) is 0. The second-order valence-corrected chi connectivity index (χ2v) is 3.96. The van der Waals surface area contributed by atoms with Crippen molar-refractivity contribution in [1.29, 1.82) is 0 Å². The van der Waals surface area contributed by atoms with Gasteiger partial charge in [0, 0.05) is 18.0 Å². The van der Waals surface area contributed by atoms with E-state index in [4.69, 9.17) is 12.2 Å². The minimum atomic E-state index is 0.710. The van der Waals surface area contributed by atoms with Crippen molar-refractivity contribution in [3.63, 3.8) is 0 Å². The van der Waals surface area contributed by atoms with Crippen molar-refractivity contribution in [3.8, 4) is 0 Å². The number of hydrogen-bond acceptors (Lipinski definition) is 2. The number of para-hydroxylation sites is 1. The Morgan fingerprint density at radius 1 is 1.40 bits per heavy atom. The number of rotatable bonds is 0. The third kappa shape index (κ3) is 1.18. The number of benzene rings is 1. The molecule has 0 unspecified atom stereocenters. The summed E-state index contributed by atoms with van der Waals surface area (Å²) < 4.78 is 2.68. The number of allylic oxidation sites excluding steroid dienone is 1. The molecule has 0 spiro atoms. The van der Waals surface area contributed by atoms with Crippen LogP contribution in [0, 0.1) is 4.77 Å². The average molecular weight is 215 g/mol. The molecule has 4 heteroatoms. The fourth-order valence-corrected chi connectivity index (χ4v) is 2.08. The van der Waals surface area contributed by atoms with Gasteiger partial charge in [0.25, 0.3) is 0 Å². The lowest BCUT2D eigenvalue weighted by Crippen LogP contribution is -1.88. The standard InChI is InChI=1S/C11H9N3S/c1-7-6-14-10-8(5-12-7)3-2-4-9(10)13-11(14)15/h2-6H,1H3,(H,13,15). The number of aromatic nitrogens is 2. The molecule has 15 heavy (non-hydrogen) atoms. The number of H-pyrrole nitrogens is 1. The van der Waals surface area contributed by atoms with Crippen molar-refractivity contribution in [2.75, 3.05) is 0 Å². The first-order valence-corrected chi connectivity index (χ1v) is 5.12. The molecule has 0 saturated heterocycles. The Bertz CT molecular complexity index is 658. The molecule has 1 aliphatic heterocycles. The summed E-state index contributed by atoms with van der Waals surface area (Å²) in [7, 11) is 0. The Morgan fingerprint density at radius 2 is 2.27 bits per heavy atom. The third-order valence-corrected chi connectivity index (χ3v) is 2.79. The molecular weight excluding hydrogens is 206 g/mol. The van der Waals surface area contributed by atoms with Gasteiger partial charge >= 0.3 is 0 Å². The van der Waals surface area contributed by atoms with Gasteiger partial charge in [0.15, 0.2) is 4.77 Å². The van der Waals surface area contributed by atoms with Crippen LogP contribution in [0.2, 0.25) is 0 Å². The second-order valence-electron chi connectivity index (χ2n) is 3.57. The first-order chi connectivity index (χ1) is 7.25. The number of imidazole rings is 1. The fourth-order valence-electron chi connectivity index (χ4n) is 1.83. The molecule has 1 aromatic heterocycles. The highest BCUT2D eigenvalue weighted by molar-refractivity contribution is 7.71.